The molecule has 5 nitrogen and oxygen atoms in total. The van der Waals surface area contributed by atoms with Gasteiger partial charge in [0.05, 0.1) is 11.8 Å². The number of aromatic nitrogens is 3. The van der Waals surface area contributed by atoms with Crippen LogP contribution < -0.4 is 5.32 Å². The molecule has 0 spiro atoms. The van der Waals surface area contributed by atoms with Crippen LogP contribution in [0.2, 0.25) is 0 Å². The second-order valence-electron chi connectivity index (χ2n) is 4.16. The molecule has 0 bridgehead atoms. The Labute approximate surface area is 112 Å². The summed E-state index contributed by atoms with van der Waals surface area (Å²) in [4.78, 5) is 11.7. The Morgan fingerprint density at radius 1 is 1.40 bits per heavy atom. The van der Waals surface area contributed by atoms with Crippen LogP contribution in [-0.2, 0) is 19.8 Å². The highest BCUT2D eigenvalue weighted by atomic mass is 19.4. The normalized spacial score (nSPS) is 11.4. The molecule has 0 aliphatic heterocycles. The fourth-order valence-corrected chi connectivity index (χ4v) is 1.58. The van der Waals surface area contributed by atoms with E-state index in [0.717, 1.165) is 12.1 Å². The summed E-state index contributed by atoms with van der Waals surface area (Å²) in [6.07, 6.45) is -2.98. The third-order valence-corrected chi connectivity index (χ3v) is 2.54. The highest BCUT2D eigenvalue weighted by Crippen LogP contribution is 2.29. The van der Waals surface area contributed by atoms with Gasteiger partial charge in [-0.15, -0.1) is 5.10 Å². The van der Waals surface area contributed by atoms with Gasteiger partial charge in [0.2, 0.25) is 0 Å². The molecule has 0 saturated carbocycles. The van der Waals surface area contributed by atoms with Crippen LogP contribution in [0.1, 0.15) is 21.6 Å². The second-order valence-corrected chi connectivity index (χ2v) is 4.16. The molecule has 0 radical (unpaired) electrons. The molecule has 0 aliphatic rings. The van der Waals surface area contributed by atoms with Crippen molar-refractivity contribution in [3.05, 3.63) is 47.3 Å². The first-order valence-electron chi connectivity index (χ1n) is 5.67. The van der Waals surface area contributed by atoms with Crippen LogP contribution >= 0.6 is 0 Å². The molecule has 2 aromatic rings. The molecular weight excluding hydrogens is 273 g/mol. The highest BCUT2D eigenvalue weighted by molar-refractivity contribution is 5.91. The van der Waals surface area contributed by atoms with Crippen LogP contribution in [0.4, 0.5) is 13.2 Å². The van der Waals surface area contributed by atoms with Gasteiger partial charge in [-0.05, 0) is 17.7 Å². The van der Waals surface area contributed by atoms with Crippen LogP contribution in [-0.4, -0.2) is 20.9 Å². The molecule has 1 aromatic carbocycles. The lowest BCUT2D eigenvalue weighted by molar-refractivity contribution is -0.137. The van der Waals surface area contributed by atoms with E-state index in [1.807, 2.05) is 0 Å². The van der Waals surface area contributed by atoms with E-state index in [1.165, 1.54) is 23.0 Å². The van der Waals surface area contributed by atoms with Crippen molar-refractivity contribution in [1.29, 1.82) is 0 Å². The molecule has 0 unspecified atom stereocenters. The number of rotatable bonds is 3. The maximum Gasteiger partial charge on any atom is 0.416 e. The van der Waals surface area contributed by atoms with Gasteiger partial charge >= 0.3 is 6.18 Å². The Balaban J connectivity index is 2.02. The molecule has 0 aliphatic carbocycles. The van der Waals surface area contributed by atoms with E-state index in [4.69, 9.17) is 0 Å². The smallest absolute Gasteiger partial charge is 0.347 e. The Morgan fingerprint density at radius 2 is 2.15 bits per heavy atom. The summed E-state index contributed by atoms with van der Waals surface area (Å²) in [6.45, 7) is -0.0146. The Morgan fingerprint density at radius 3 is 2.75 bits per heavy atom. The SMILES string of the molecule is Cn1cc(C(=O)NCc2cccc(C(F)(F)F)c2)nn1. The maximum absolute atomic E-state index is 12.5. The lowest BCUT2D eigenvalue weighted by atomic mass is 10.1. The van der Waals surface area contributed by atoms with Gasteiger partial charge < -0.3 is 5.32 Å². The third-order valence-electron chi connectivity index (χ3n) is 2.54. The van der Waals surface area contributed by atoms with Crippen LogP contribution in [0.3, 0.4) is 0 Å². The van der Waals surface area contributed by atoms with Crippen molar-refractivity contribution < 1.29 is 18.0 Å². The van der Waals surface area contributed by atoms with E-state index in [-0.39, 0.29) is 12.2 Å². The van der Waals surface area contributed by atoms with Crippen LogP contribution in [0.15, 0.2) is 30.5 Å². The van der Waals surface area contributed by atoms with Gasteiger partial charge in [-0.2, -0.15) is 13.2 Å². The lowest BCUT2D eigenvalue weighted by Crippen LogP contribution is -2.23. The molecule has 8 heteroatoms. The molecule has 0 fully saturated rings. The first-order valence-corrected chi connectivity index (χ1v) is 5.67. The summed E-state index contributed by atoms with van der Waals surface area (Å²) in [7, 11) is 1.61. The van der Waals surface area contributed by atoms with E-state index in [1.54, 1.807) is 7.05 Å². The average Bonchev–Trinajstić information content (AvgIpc) is 2.82. The minimum atomic E-state index is -4.40. The molecule has 0 saturated heterocycles. The number of aryl methyl sites for hydroxylation is 1. The summed E-state index contributed by atoms with van der Waals surface area (Å²) in [6, 6.07) is 4.78. The highest BCUT2D eigenvalue weighted by Gasteiger charge is 2.30. The van der Waals surface area contributed by atoms with Crippen molar-refractivity contribution in [1.82, 2.24) is 20.3 Å². The second kappa shape index (κ2) is 5.32. The van der Waals surface area contributed by atoms with Crippen molar-refractivity contribution in [2.75, 3.05) is 0 Å². The predicted octanol–water partition coefficient (Wildman–Crippen LogP) is 1.76. The van der Waals surface area contributed by atoms with E-state index in [2.05, 4.69) is 15.6 Å². The zero-order valence-corrected chi connectivity index (χ0v) is 10.5. The number of hydrogen-bond acceptors (Lipinski definition) is 3. The number of nitrogens with one attached hydrogen (secondary N) is 1. The number of benzene rings is 1. The van der Waals surface area contributed by atoms with Crippen molar-refractivity contribution >= 4 is 5.91 Å². The van der Waals surface area contributed by atoms with Crippen molar-refractivity contribution in [2.24, 2.45) is 7.05 Å². The van der Waals surface area contributed by atoms with Gasteiger partial charge in [0.25, 0.3) is 5.91 Å². The summed E-state index contributed by atoms with van der Waals surface area (Å²) in [5.41, 5.74) is -0.278. The zero-order chi connectivity index (χ0) is 14.8. The number of alkyl halides is 3. The first kappa shape index (κ1) is 14.0. The van der Waals surface area contributed by atoms with Crippen molar-refractivity contribution in [3.8, 4) is 0 Å². The molecule has 0 atom stereocenters. The van der Waals surface area contributed by atoms with Gasteiger partial charge in [0, 0.05) is 13.6 Å². The van der Waals surface area contributed by atoms with E-state index in [0.29, 0.717) is 5.56 Å². The lowest BCUT2D eigenvalue weighted by Gasteiger charge is -2.09. The Bertz CT molecular complexity index is 621. The molecule has 106 valence electrons. The minimum absolute atomic E-state index is 0.0146. The molecular formula is C12H11F3N4O. The summed E-state index contributed by atoms with van der Waals surface area (Å²) in [5.74, 6) is -0.490. The van der Waals surface area contributed by atoms with Gasteiger partial charge in [0.15, 0.2) is 5.69 Å². The number of carbonyl (C=O) groups is 1. The van der Waals surface area contributed by atoms with Gasteiger partial charge in [-0.25, -0.2) is 0 Å². The van der Waals surface area contributed by atoms with Crippen LogP contribution in [0.25, 0.3) is 0 Å². The fraction of sp³-hybridized carbons (Fsp3) is 0.250. The van der Waals surface area contributed by atoms with E-state index >= 15 is 0 Å². The van der Waals surface area contributed by atoms with E-state index in [9.17, 15) is 18.0 Å². The van der Waals surface area contributed by atoms with Crippen molar-refractivity contribution in [3.63, 3.8) is 0 Å². The predicted molar refractivity (Wildman–Crippen MR) is 63.6 cm³/mol. The summed E-state index contributed by atoms with van der Waals surface area (Å²) >= 11 is 0. The fourth-order valence-electron chi connectivity index (χ4n) is 1.58. The van der Waals surface area contributed by atoms with Crippen LogP contribution in [0.5, 0.6) is 0 Å². The molecule has 1 N–H and O–H groups in total. The standard InChI is InChI=1S/C12H11F3N4O/c1-19-7-10(17-18-19)11(20)16-6-8-3-2-4-9(5-8)12(13,14)15/h2-5,7H,6H2,1H3,(H,16,20). The molecule has 20 heavy (non-hydrogen) atoms. The average molecular weight is 284 g/mol. The molecule has 2 rings (SSSR count). The molecule has 1 aromatic heterocycles. The quantitative estimate of drug-likeness (QED) is 0.934. The molecule has 1 heterocycles. The monoisotopic (exact) mass is 284 g/mol. The Hall–Kier alpha value is -2.38. The third kappa shape index (κ3) is 3.34. The number of hydrogen-bond donors (Lipinski definition) is 1. The molecule has 1 amide bonds. The van der Waals surface area contributed by atoms with Gasteiger partial charge in [-0.1, -0.05) is 17.3 Å². The first-order chi connectivity index (χ1) is 9.36. The topological polar surface area (TPSA) is 59.8 Å². The van der Waals surface area contributed by atoms with Gasteiger partial charge in [-0.3, -0.25) is 9.48 Å². The number of nitrogens with zero attached hydrogens (tertiary/aromatic N) is 3. The zero-order valence-electron chi connectivity index (χ0n) is 10.5. The Kier molecular flexibility index (Phi) is 3.73. The summed E-state index contributed by atoms with van der Waals surface area (Å²) < 4.78 is 38.9. The summed E-state index contributed by atoms with van der Waals surface area (Å²) in [5, 5.41) is 9.69. The largest absolute Gasteiger partial charge is 0.416 e. The van der Waals surface area contributed by atoms with E-state index < -0.39 is 17.6 Å². The minimum Gasteiger partial charge on any atom is -0.347 e. The van der Waals surface area contributed by atoms with Crippen LogP contribution in [0, 0.1) is 0 Å². The number of amides is 1. The number of carbonyl (C=O) groups excluding carboxylic acids is 1. The van der Waals surface area contributed by atoms with Crippen molar-refractivity contribution in [2.45, 2.75) is 12.7 Å². The number of halogens is 3. The maximum atomic E-state index is 12.5. The van der Waals surface area contributed by atoms with Gasteiger partial charge in [0.1, 0.15) is 0 Å².